The van der Waals surface area contributed by atoms with Crippen LogP contribution in [0.25, 0.3) is 0 Å². The standard InChI is InChI=1S/C14H21N3S/c1-2-3-14(10-15)17-7-5-16(6-8-17)11-13-4-9-18-12-13/h4,9,12,14H,2-3,5-8,11H2,1H3. The van der Waals surface area contributed by atoms with Crippen molar-refractivity contribution in [2.24, 2.45) is 0 Å². The summed E-state index contributed by atoms with van der Waals surface area (Å²) in [7, 11) is 0. The summed E-state index contributed by atoms with van der Waals surface area (Å²) in [5.74, 6) is 0. The highest BCUT2D eigenvalue weighted by atomic mass is 32.1. The van der Waals surface area contributed by atoms with E-state index in [1.807, 2.05) is 0 Å². The molecule has 0 amide bonds. The molecule has 0 aromatic carbocycles. The van der Waals surface area contributed by atoms with Gasteiger partial charge in [0.15, 0.2) is 0 Å². The second kappa shape index (κ2) is 6.89. The predicted molar refractivity (Wildman–Crippen MR) is 75.5 cm³/mol. The Kier molecular flexibility index (Phi) is 5.18. The lowest BCUT2D eigenvalue weighted by Gasteiger charge is -2.36. The van der Waals surface area contributed by atoms with Gasteiger partial charge in [0.05, 0.1) is 12.1 Å². The maximum atomic E-state index is 9.18. The van der Waals surface area contributed by atoms with Crippen molar-refractivity contribution in [1.29, 1.82) is 5.26 Å². The third-order valence-electron chi connectivity index (χ3n) is 3.55. The van der Waals surface area contributed by atoms with Crippen LogP contribution >= 0.6 is 11.3 Å². The third kappa shape index (κ3) is 3.55. The Hall–Kier alpha value is -0.890. The van der Waals surface area contributed by atoms with Crippen LogP contribution < -0.4 is 0 Å². The lowest BCUT2D eigenvalue weighted by atomic mass is 10.1. The molecule has 2 rings (SSSR count). The van der Waals surface area contributed by atoms with Crippen LogP contribution in [0.3, 0.4) is 0 Å². The lowest BCUT2D eigenvalue weighted by molar-refractivity contribution is 0.106. The summed E-state index contributed by atoms with van der Waals surface area (Å²) in [6.45, 7) is 7.43. The summed E-state index contributed by atoms with van der Waals surface area (Å²) in [6, 6.07) is 4.77. The predicted octanol–water partition coefficient (Wildman–Crippen LogP) is 2.56. The van der Waals surface area contributed by atoms with Crippen molar-refractivity contribution >= 4 is 11.3 Å². The van der Waals surface area contributed by atoms with Crippen LogP contribution in [0.15, 0.2) is 16.8 Å². The maximum absolute atomic E-state index is 9.18. The quantitative estimate of drug-likeness (QED) is 0.818. The van der Waals surface area contributed by atoms with Gasteiger partial charge in [-0.1, -0.05) is 13.3 Å². The molecule has 1 fully saturated rings. The fourth-order valence-corrected chi connectivity index (χ4v) is 3.14. The molecule has 0 N–H and O–H groups in total. The average molecular weight is 263 g/mol. The molecule has 2 heterocycles. The van der Waals surface area contributed by atoms with Crippen molar-refractivity contribution in [2.45, 2.75) is 32.4 Å². The Labute approximate surface area is 114 Å². The summed E-state index contributed by atoms with van der Waals surface area (Å²) in [6.07, 6.45) is 2.09. The SMILES string of the molecule is CCCC(C#N)N1CCN(Cc2ccsc2)CC1. The molecule has 1 atom stereocenters. The van der Waals surface area contributed by atoms with Gasteiger partial charge in [0.2, 0.25) is 0 Å². The first-order valence-corrected chi connectivity index (χ1v) is 7.65. The number of thiophene rings is 1. The van der Waals surface area contributed by atoms with Crippen molar-refractivity contribution in [3.8, 4) is 6.07 Å². The van der Waals surface area contributed by atoms with E-state index < -0.39 is 0 Å². The van der Waals surface area contributed by atoms with Crippen LogP contribution in [-0.4, -0.2) is 42.0 Å². The van der Waals surface area contributed by atoms with Crippen LogP contribution in [0, 0.1) is 11.3 Å². The summed E-state index contributed by atoms with van der Waals surface area (Å²) in [5, 5.41) is 13.5. The van der Waals surface area contributed by atoms with Crippen molar-refractivity contribution in [3.05, 3.63) is 22.4 Å². The number of hydrogen-bond donors (Lipinski definition) is 0. The van der Waals surface area contributed by atoms with Crippen molar-refractivity contribution in [2.75, 3.05) is 26.2 Å². The monoisotopic (exact) mass is 263 g/mol. The highest BCUT2D eigenvalue weighted by molar-refractivity contribution is 7.07. The van der Waals surface area contributed by atoms with Gasteiger partial charge in [0.25, 0.3) is 0 Å². The summed E-state index contributed by atoms with van der Waals surface area (Å²) in [5.41, 5.74) is 1.42. The maximum Gasteiger partial charge on any atom is 0.0978 e. The molecule has 0 saturated carbocycles. The first kappa shape index (κ1) is 13.5. The molecule has 1 saturated heterocycles. The fourth-order valence-electron chi connectivity index (χ4n) is 2.48. The van der Waals surface area contributed by atoms with Crippen molar-refractivity contribution in [1.82, 2.24) is 9.80 Å². The van der Waals surface area contributed by atoms with E-state index in [1.165, 1.54) is 5.56 Å². The molecule has 0 spiro atoms. The Morgan fingerprint density at radius 2 is 2.17 bits per heavy atom. The van der Waals surface area contributed by atoms with Gasteiger partial charge in [0.1, 0.15) is 0 Å². The lowest BCUT2D eigenvalue weighted by Crippen LogP contribution is -2.49. The molecule has 18 heavy (non-hydrogen) atoms. The highest BCUT2D eigenvalue weighted by Gasteiger charge is 2.22. The van der Waals surface area contributed by atoms with Gasteiger partial charge in [-0.05, 0) is 28.8 Å². The van der Waals surface area contributed by atoms with E-state index in [9.17, 15) is 5.26 Å². The number of hydrogen-bond acceptors (Lipinski definition) is 4. The van der Waals surface area contributed by atoms with Gasteiger partial charge in [-0.3, -0.25) is 9.80 Å². The van der Waals surface area contributed by atoms with Gasteiger partial charge < -0.3 is 0 Å². The van der Waals surface area contributed by atoms with E-state index in [4.69, 9.17) is 0 Å². The van der Waals surface area contributed by atoms with Crippen LogP contribution in [0.5, 0.6) is 0 Å². The summed E-state index contributed by atoms with van der Waals surface area (Å²) < 4.78 is 0. The van der Waals surface area contributed by atoms with E-state index in [0.29, 0.717) is 0 Å². The van der Waals surface area contributed by atoms with Crippen LogP contribution in [0.2, 0.25) is 0 Å². The van der Waals surface area contributed by atoms with Crippen LogP contribution in [0.1, 0.15) is 25.3 Å². The van der Waals surface area contributed by atoms with Gasteiger partial charge in [-0.15, -0.1) is 0 Å². The van der Waals surface area contributed by atoms with Crippen molar-refractivity contribution in [3.63, 3.8) is 0 Å². The molecule has 0 aliphatic carbocycles. The molecule has 1 aromatic rings. The Morgan fingerprint density at radius 3 is 2.72 bits per heavy atom. The largest absolute Gasteiger partial charge is 0.297 e. The molecule has 1 unspecified atom stereocenters. The molecule has 98 valence electrons. The second-order valence-corrected chi connectivity index (χ2v) is 5.66. The number of nitrogens with zero attached hydrogens (tertiary/aromatic N) is 3. The van der Waals surface area contributed by atoms with Gasteiger partial charge in [0, 0.05) is 32.7 Å². The molecular formula is C14H21N3S. The first-order valence-electron chi connectivity index (χ1n) is 6.70. The average Bonchev–Trinajstić information content (AvgIpc) is 2.90. The summed E-state index contributed by atoms with van der Waals surface area (Å²) in [4.78, 5) is 4.83. The fraction of sp³-hybridized carbons (Fsp3) is 0.643. The van der Waals surface area contributed by atoms with Gasteiger partial charge in [-0.2, -0.15) is 16.6 Å². The molecule has 3 nitrogen and oxygen atoms in total. The third-order valence-corrected chi connectivity index (χ3v) is 4.28. The molecule has 4 heteroatoms. The number of piperazine rings is 1. The topological polar surface area (TPSA) is 30.3 Å². The highest BCUT2D eigenvalue weighted by Crippen LogP contribution is 2.14. The first-order chi connectivity index (χ1) is 8.83. The summed E-state index contributed by atoms with van der Waals surface area (Å²) >= 11 is 1.76. The number of rotatable bonds is 5. The zero-order chi connectivity index (χ0) is 12.8. The minimum atomic E-state index is 0.123. The minimum Gasteiger partial charge on any atom is -0.297 e. The second-order valence-electron chi connectivity index (χ2n) is 4.88. The molecule has 0 radical (unpaired) electrons. The molecule has 1 aromatic heterocycles. The molecule has 1 aliphatic heterocycles. The van der Waals surface area contributed by atoms with E-state index in [1.54, 1.807) is 11.3 Å². The molecule has 1 aliphatic rings. The normalized spacial score (nSPS) is 19.6. The van der Waals surface area contributed by atoms with E-state index in [0.717, 1.165) is 45.6 Å². The van der Waals surface area contributed by atoms with Crippen molar-refractivity contribution < 1.29 is 0 Å². The Bertz CT molecular complexity index is 374. The zero-order valence-electron chi connectivity index (χ0n) is 11.0. The Balaban J connectivity index is 1.79. The van der Waals surface area contributed by atoms with E-state index >= 15 is 0 Å². The molecular weight excluding hydrogens is 242 g/mol. The smallest absolute Gasteiger partial charge is 0.0978 e. The van der Waals surface area contributed by atoms with Crippen LogP contribution in [-0.2, 0) is 6.54 Å². The van der Waals surface area contributed by atoms with Gasteiger partial charge >= 0.3 is 0 Å². The van der Waals surface area contributed by atoms with E-state index in [-0.39, 0.29) is 6.04 Å². The zero-order valence-corrected chi connectivity index (χ0v) is 11.8. The Morgan fingerprint density at radius 1 is 1.39 bits per heavy atom. The number of nitriles is 1. The van der Waals surface area contributed by atoms with Crippen LogP contribution in [0.4, 0.5) is 0 Å². The minimum absolute atomic E-state index is 0.123. The molecule has 0 bridgehead atoms. The van der Waals surface area contributed by atoms with E-state index in [2.05, 4.69) is 39.6 Å². The van der Waals surface area contributed by atoms with Gasteiger partial charge in [-0.25, -0.2) is 0 Å².